The molecule has 1 aliphatic heterocycles. The van der Waals surface area contributed by atoms with Crippen molar-refractivity contribution in [3.8, 4) is 0 Å². The summed E-state index contributed by atoms with van der Waals surface area (Å²) in [5.41, 5.74) is 1.89. The summed E-state index contributed by atoms with van der Waals surface area (Å²) in [5, 5.41) is 3.34. The van der Waals surface area contributed by atoms with Gasteiger partial charge < -0.3 is 5.32 Å². The van der Waals surface area contributed by atoms with Crippen molar-refractivity contribution in [2.75, 3.05) is 11.4 Å². The van der Waals surface area contributed by atoms with Crippen molar-refractivity contribution < 1.29 is 9.59 Å². The van der Waals surface area contributed by atoms with E-state index < -0.39 is 0 Å². The number of benzene rings is 1. The highest BCUT2D eigenvalue weighted by Gasteiger charge is 2.50. The number of carbonyl (C=O) groups excluding carboxylic acids is 2. The first-order valence-electron chi connectivity index (χ1n) is 7.90. The van der Waals surface area contributed by atoms with Crippen molar-refractivity contribution in [3.63, 3.8) is 0 Å². The zero-order chi connectivity index (χ0) is 14.8. The van der Waals surface area contributed by atoms with Crippen molar-refractivity contribution in [1.29, 1.82) is 0 Å². The van der Waals surface area contributed by atoms with Crippen molar-refractivity contribution in [1.82, 2.24) is 5.32 Å². The number of nitrogens with zero attached hydrogens (tertiary/aromatic N) is 1. The number of hydrogen-bond acceptors (Lipinski definition) is 3. The van der Waals surface area contributed by atoms with Gasteiger partial charge in [0.2, 0.25) is 11.8 Å². The normalized spacial score (nSPS) is 24.7. The summed E-state index contributed by atoms with van der Waals surface area (Å²) in [6, 6.07) is 7.76. The molecule has 1 N–H and O–H groups in total. The Morgan fingerprint density at radius 3 is 2.29 bits per heavy atom. The number of carbonyl (C=O) groups is 2. The Balaban J connectivity index is 1.72. The molecule has 1 aromatic carbocycles. The second-order valence-corrected chi connectivity index (χ2v) is 6.00. The van der Waals surface area contributed by atoms with Crippen LogP contribution in [0.25, 0.3) is 0 Å². The molecule has 1 saturated heterocycles. The van der Waals surface area contributed by atoms with Gasteiger partial charge in [0.05, 0.1) is 17.5 Å². The number of rotatable bonds is 5. The molecule has 1 saturated carbocycles. The van der Waals surface area contributed by atoms with Gasteiger partial charge >= 0.3 is 0 Å². The molecule has 4 nitrogen and oxygen atoms in total. The fourth-order valence-electron chi connectivity index (χ4n) is 3.42. The molecule has 0 spiro atoms. The van der Waals surface area contributed by atoms with Gasteiger partial charge in [-0.1, -0.05) is 25.5 Å². The molecule has 2 fully saturated rings. The maximum Gasteiger partial charge on any atom is 0.237 e. The number of hydrogen-bond donors (Lipinski definition) is 1. The van der Waals surface area contributed by atoms with E-state index in [9.17, 15) is 9.59 Å². The standard InChI is InChI=1S/C17H22N2O2/c1-2-10-18-11-12-6-8-13(9-7-12)19-16(20)14-4-3-5-15(14)17(19)21/h6-9,14-15,18H,2-5,10-11H2,1H3. The van der Waals surface area contributed by atoms with Crippen LogP contribution in [0.2, 0.25) is 0 Å². The molecule has 2 aliphatic rings. The van der Waals surface area contributed by atoms with Gasteiger partial charge in [0, 0.05) is 6.54 Å². The summed E-state index contributed by atoms with van der Waals surface area (Å²) in [5.74, 6) is -0.134. The topological polar surface area (TPSA) is 49.4 Å². The third kappa shape index (κ3) is 2.60. The monoisotopic (exact) mass is 286 g/mol. The lowest BCUT2D eigenvalue weighted by Crippen LogP contribution is -2.31. The number of anilines is 1. The maximum absolute atomic E-state index is 12.4. The first-order chi connectivity index (χ1) is 10.2. The zero-order valence-electron chi connectivity index (χ0n) is 12.5. The van der Waals surface area contributed by atoms with E-state index in [1.807, 2.05) is 24.3 Å². The second-order valence-electron chi connectivity index (χ2n) is 6.00. The van der Waals surface area contributed by atoms with Gasteiger partial charge in [-0.25, -0.2) is 0 Å². The van der Waals surface area contributed by atoms with E-state index in [1.165, 1.54) is 10.5 Å². The number of fused-ring (bicyclic) bond motifs is 1. The van der Waals surface area contributed by atoms with E-state index in [0.29, 0.717) is 0 Å². The fourth-order valence-corrected chi connectivity index (χ4v) is 3.42. The Labute approximate surface area is 125 Å². The molecular formula is C17H22N2O2. The lowest BCUT2D eigenvalue weighted by molar-refractivity contribution is -0.122. The van der Waals surface area contributed by atoms with Gasteiger partial charge in [-0.2, -0.15) is 0 Å². The van der Waals surface area contributed by atoms with Gasteiger partial charge in [-0.3, -0.25) is 14.5 Å². The number of amides is 2. The van der Waals surface area contributed by atoms with Crippen LogP contribution in [-0.2, 0) is 16.1 Å². The quantitative estimate of drug-likeness (QED) is 0.668. The Morgan fingerprint density at radius 1 is 1.10 bits per heavy atom. The summed E-state index contributed by atoms with van der Waals surface area (Å²) in [6.45, 7) is 3.95. The number of imide groups is 1. The predicted octanol–water partition coefficient (Wildman–Crippen LogP) is 2.48. The molecule has 0 radical (unpaired) electrons. The van der Waals surface area contributed by atoms with Gasteiger partial charge in [-0.05, 0) is 43.5 Å². The molecule has 4 heteroatoms. The Bertz CT molecular complexity index is 516. The summed E-state index contributed by atoms with van der Waals surface area (Å²) >= 11 is 0. The second kappa shape index (κ2) is 5.98. The molecular weight excluding hydrogens is 264 g/mol. The van der Waals surface area contributed by atoms with E-state index in [1.54, 1.807) is 0 Å². The van der Waals surface area contributed by atoms with Crippen LogP contribution in [0.4, 0.5) is 5.69 Å². The molecule has 112 valence electrons. The molecule has 1 aromatic rings. The summed E-state index contributed by atoms with van der Waals surface area (Å²) in [6.07, 6.45) is 3.84. The van der Waals surface area contributed by atoms with Crippen molar-refractivity contribution in [3.05, 3.63) is 29.8 Å². The largest absolute Gasteiger partial charge is 0.313 e. The Hall–Kier alpha value is -1.68. The first-order valence-corrected chi connectivity index (χ1v) is 7.90. The molecule has 0 bridgehead atoms. The molecule has 3 rings (SSSR count). The smallest absolute Gasteiger partial charge is 0.237 e. The first kappa shape index (κ1) is 14.3. The highest BCUT2D eigenvalue weighted by atomic mass is 16.2. The maximum atomic E-state index is 12.4. The SMILES string of the molecule is CCCNCc1ccc(N2C(=O)C3CCCC3C2=O)cc1. The van der Waals surface area contributed by atoms with Crippen LogP contribution in [0.5, 0.6) is 0 Å². The van der Waals surface area contributed by atoms with Crippen molar-refractivity contribution in [2.45, 2.75) is 39.2 Å². The van der Waals surface area contributed by atoms with Crippen LogP contribution in [0, 0.1) is 11.8 Å². The Kier molecular flexibility index (Phi) is 4.06. The van der Waals surface area contributed by atoms with Crippen molar-refractivity contribution in [2.24, 2.45) is 11.8 Å². The van der Waals surface area contributed by atoms with Crippen LogP contribution in [-0.4, -0.2) is 18.4 Å². The minimum absolute atomic E-state index is 0.000594. The van der Waals surface area contributed by atoms with E-state index in [0.717, 1.165) is 44.5 Å². The third-order valence-electron chi connectivity index (χ3n) is 4.54. The van der Waals surface area contributed by atoms with Gasteiger partial charge in [0.15, 0.2) is 0 Å². The van der Waals surface area contributed by atoms with E-state index in [2.05, 4.69) is 12.2 Å². The highest BCUT2D eigenvalue weighted by molar-refractivity contribution is 6.22. The van der Waals surface area contributed by atoms with Crippen LogP contribution in [0.1, 0.15) is 38.2 Å². The highest BCUT2D eigenvalue weighted by Crippen LogP contribution is 2.41. The zero-order valence-corrected chi connectivity index (χ0v) is 12.5. The van der Waals surface area contributed by atoms with Crippen LogP contribution < -0.4 is 10.2 Å². The van der Waals surface area contributed by atoms with Crippen LogP contribution in [0.15, 0.2) is 24.3 Å². The van der Waals surface area contributed by atoms with E-state index >= 15 is 0 Å². The molecule has 2 atom stereocenters. The molecule has 21 heavy (non-hydrogen) atoms. The Morgan fingerprint density at radius 2 is 1.71 bits per heavy atom. The molecule has 0 aromatic heterocycles. The molecule has 1 aliphatic carbocycles. The average Bonchev–Trinajstić information content (AvgIpc) is 3.06. The van der Waals surface area contributed by atoms with Crippen LogP contribution >= 0.6 is 0 Å². The summed E-state index contributed by atoms with van der Waals surface area (Å²) in [4.78, 5) is 26.2. The van der Waals surface area contributed by atoms with Gasteiger partial charge in [0.25, 0.3) is 0 Å². The third-order valence-corrected chi connectivity index (χ3v) is 4.54. The lowest BCUT2D eigenvalue weighted by atomic mass is 10.00. The van der Waals surface area contributed by atoms with Crippen molar-refractivity contribution >= 4 is 17.5 Å². The summed E-state index contributed by atoms with van der Waals surface area (Å²) < 4.78 is 0. The minimum Gasteiger partial charge on any atom is -0.313 e. The molecule has 1 heterocycles. The molecule has 2 amide bonds. The predicted molar refractivity (Wildman–Crippen MR) is 81.8 cm³/mol. The van der Waals surface area contributed by atoms with Gasteiger partial charge in [0.1, 0.15) is 0 Å². The van der Waals surface area contributed by atoms with Crippen LogP contribution in [0.3, 0.4) is 0 Å². The number of nitrogens with one attached hydrogen (secondary N) is 1. The van der Waals surface area contributed by atoms with E-state index in [-0.39, 0.29) is 23.7 Å². The molecule has 2 unspecified atom stereocenters. The van der Waals surface area contributed by atoms with Gasteiger partial charge in [-0.15, -0.1) is 0 Å². The lowest BCUT2D eigenvalue weighted by Gasteiger charge is -2.16. The average molecular weight is 286 g/mol. The fraction of sp³-hybridized carbons (Fsp3) is 0.529. The van der Waals surface area contributed by atoms with E-state index in [4.69, 9.17) is 0 Å². The minimum atomic E-state index is -0.0663. The summed E-state index contributed by atoms with van der Waals surface area (Å²) in [7, 11) is 0.